The lowest BCUT2D eigenvalue weighted by atomic mass is 9.95. The van der Waals surface area contributed by atoms with Gasteiger partial charge in [0.25, 0.3) is 5.91 Å². The van der Waals surface area contributed by atoms with Crippen molar-refractivity contribution >= 4 is 5.91 Å². The van der Waals surface area contributed by atoms with E-state index in [0.717, 1.165) is 6.92 Å². The van der Waals surface area contributed by atoms with Crippen LogP contribution < -0.4 is 5.73 Å². The monoisotopic (exact) mass is 233 g/mol. The smallest absolute Gasteiger partial charge is 0.367 e. The number of nitrogens with two attached hydrogens (primary N) is 1. The summed E-state index contributed by atoms with van der Waals surface area (Å²) < 4.78 is 40.3. The Labute approximate surface area is 90.0 Å². The van der Waals surface area contributed by atoms with Crippen LogP contribution in [-0.2, 0) is 15.1 Å². The summed E-state index contributed by atoms with van der Waals surface area (Å²) in [5, 5.41) is 0. The van der Waals surface area contributed by atoms with E-state index in [-0.39, 0.29) is 5.56 Å². The van der Waals surface area contributed by atoms with Gasteiger partial charge >= 0.3 is 6.36 Å². The molecule has 1 amide bonds. The number of ether oxygens (including phenoxy) is 1. The lowest BCUT2D eigenvalue weighted by Crippen LogP contribution is -2.44. The van der Waals surface area contributed by atoms with Crippen molar-refractivity contribution in [3.8, 4) is 0 Å². The number of carbonyl (C=O) groups excluding carboxylic acids is 1. The van der Waals surface area contributed by atoms with Crippen molar-refractivity contribution in [2.24, 2.45) is 5.73 Å². The van der Waals surface area contributed by atoms with Crippen LogP contribution in [0.2, 0.25) is 0 Å². The van der Waals surface area contributed by atoms with Crippen LogP contribution in [-0.4, -0.2) is 12.3 Å². The molecule has 1 aromatic carbocycles. The van der Waals surface area contributed by atoms with Crippen LogP contribution >= 0.6 is 0 Å². The van der Waals surface area contributed by atoms with Gasteiger partial charge in [0.2, 0.25) is 0 Å². The molecular formula is C10H10F3NO2. The fourth-order valence-electron chi connectivity index (χ4n) is 1.24. The van der Waals surface area contributed by atoms with E-state index in [0.29, 0.717) is 0 Å². The summed E-state index contributed by atoms with van der Waals surface area (Å²) in [6, 6.07) is 7.29. The van der Waals surface area contributed by atoms with Crippen LogP contribution in [0.5, 0.6) is 0 Å². The van der Waals surface area contributed by atoms with Gasteiger partial charge in [-0.2, -0.15) is 0 Å². The number of carbonyl (C=O) groups is 1. The lowest BCUT2D eigenvalue weighted by Gasteiger charge is -2.27. The predicted molar refractivity (Wildman–Crippen MR) is 50.1 cm³/mol. The van der Waals surface area contributed by atoms with Crippen molar-refractivity contribution < 1.29 is 22.7 Å². The minimum absolute atomic E-state index is 0.0554. The van der Waals surface area contributed by atoms with Crippen LogP contribution in [0.15, 0.2) is 30.3 Å². The zero-order chi connectivity index (χ0) is 12.4. The Morgan fingerprint density at radius 2 is 1.75 bits per heavy atom. The maximum Gasteiger partial charge on any atom is 0.523 e. The third kappa shape index (κ3) is 2.73. The third-order valence-electron chi connectivity index (χ3n) is 2.11. The molecule has 0 saturated carbocycles. The quantitative estimate of drug-likeness (QED) is 0.867. The van der Waals surface area contributed by atoms with E-state index in [2.05, 4.69) is 4.74 Å². The predicted octanol–water partition coefficient (Wildman–Crippen LogP) is 1.92. The number of amides is 1. The Bertz CT molecular complexity index is 377. The second-order valence-electron chi connectivity index (χ2n) is 3.31. The molecule has 2 N–H and O–H groups in total. The largest absolute Gasteiger partial charge is 0.523 e. The molecule has 0 aromatic heterocycles. The average molecular weight is 233 g/mol. The van der Waals surface area contributed by atoms with E-state index >= 15 is 0 Å². The van der Waals surface area contributed by atoms with E-state index in [4.69, 9.17) is 5.73 Å². The van der Waals surface area contributed by atoms with E-state index < -0.39 is 17.9 Å². The normalized spacial score (nSPS) is 15.5. The summed E-state index contributed by atoms with van der Waals surface area (Å²) in [7, 11) is 0. The number of hydrogen-bond donors (Lipinski definition) is 1. The molecule has 0 spiro atoms. The summed E-state index contributed by atoms with van der Waals surface area (Å²) in [4.78, 5) is 11.1. The molecule has 16 heavy (non-hydrogen) atoms. The van der Waals surface area contributed by atoms with Gasteiger partial charge in [-0.1, -0.05) is 30.3 Å². The fourth-order valence-corrected chi connectivity index (χ4v) is 1.24. The van der Waals surface area contributed by atoms with Gasteiger partial charge in [0.1, 0.15) is 0 Å². The molecule has 0 heterocycles. The summed E-state index contributed by atoms with van der Waals surface area (Å²) >= 11 is 0. The first-order chi connectivity index (χ1) is 7.26. The van der Waals surface area contributed by atoms with Crippen molar-refractivity contribution in [1.29, 1.82) is 0 Å². The molecule has 6 heteroatoms. The van der Waals surface area contributed by atoms with Gasteiger partial charge < -0.3 is 5.73 Å². The Balaban J connectivity index is 3.13. The maximum absolute atomic E-state index is 12.2. The fraction of sp³-hybridized carbons (Fsp3) is 0.300. The minimum atomic E-state index is -4.93. The van der Waals surface area contributed by atoms with Crippen LogP contribution in [0.25, 0.3) is 0 Å². The lowest BCUT2D eigenvalue weighted by molar-refractivity contribution is -0.359. The number of benzene rings is 1. The minimum Gasteiger partial charge on any atom is -0.367 e. The molecular weight excluding hydrogens is 223 g/mol. The highest BCUT2D eigenvalue weighted by molar-refractivity contribution is 5.84. The third-order valence-corrected chi connectivity index (χ3v) is 2.11. The zero-order valence-corrected chi connectivity index (χ0v) is 8.41. The molecule has 1 rings (SSSR count). The molecule has 88 valence electrons. The first-order valence-corrected chi connectivity index (χ1v) is 4.38. The second-order valence-corrected chi connectivity index (χ2v) is 3.31. The van der Waals surface area contributed by atoms with Crippen LogP contribution in [0.1, 0.15) is 12.5 Å². The molecule has 0 aliphatic rings. The second kappa shape index (κ2) is 4.13. The van der Waals surface area contributed by atoms with E-state index in [9.17, 15) is 18.0 Å². The summed E-state index contributed by atoms with van der Waals surface area (Å²) in [6.45, 7) is 0.984. The van der Waals surface area contributed by atoms with Gasteiger partial charge in [0.05, 0.1) is 0 Å². The molecule has 0 saturated heterocycles. The highest BCUT2D eigenvalue weighted by atomic mass is 19.4. The van der Waals surface area contributed by atoms with Gasteiger partial charge in [0.15, 0.2) is 5.60 Å². The highest BCUT2D eigenvalue weighted by Crippen LogP contribution is 2.32. The van der Waals surface area contributed by atoms with Crippen LogP contribution in [0.4, 0.5) is 13.2 Å². The molecule has 0 radical (unpaired) electrons. The maximum atomic E-state index is 12.2. The number of primary amides is 1. The van der Waals surface area contributed by atoms with E-state index in [1.807, 2.05) is 0 Å². The first-order valence-electron chi connectivity index (χ1n) is 4.38. The number of rotatable bonds is 3. The van der Waals surface area contributed by atoms with E-state index in [1.54, 1.807) is 6.07 Å². The Morgan fingerprint density at radius 1 is 1.25 bits per heavy atom. The molecule has 3 nitrogen and oxygen atoms in total. The topological polar surface area (TPSA) is 52.3 Å². The van der Waals surface area contributed by atoms with Crippen molar-refractivity contribution in [3.63, 3.8) is 0 Å². The molecule has 0 bridgehead atoms. The zero-order valence-electron chi connectivity index (χ0n) is 8.41. The van der Waals surface area contributed by atoms with Gasteiger partial charge in [0, 0.05) is 0 Å². The first kappa shape index (κ1) is 12.5. The standard InChI is InChI=1S/C10H10F3NO2/c1-9(8(14)15,16-10(11,12)13)7-5-3-2-4-6-7/h2-6H,1H3,(H2,14,15). The SMILES string of the molecule is CC(OC(F)(F)F)(C(N)=O)c1ccccc1. The van der Waals surface area contributed by atoms with Gasteiger partial charge in [-0.05, 0) is 12.5 Å². The van der Waals surface area contributed by atoms with Crippen molar-refractivity contribution in [2.45, 2.75) is 18.9 Å². The molecule has 0 fully saturated rings. The van der Waals surface area contributed by atoms with Gasteiger partial charge in [-0.15, -0.1) is 13.2 Å². The van der Waals surface area contributed by atoms with Crippen molar-refractivity contribution in [2.75, 3.05) is 0 Å². The van der Waals surface area contributed by atoms with Crippen molar-refractivity contribution in [1.82, 2.24) is 0 Å². The number of alkyl halides is 3. The van der Waals surface area contributed by atoms with Gasteiger partial charge in [-0.3, -0.25) is 9.53 Å². The molecule has 0 aliphatic carbocycles. The van der Waals surface area contributed by atoms with Crippen molar-refractivity contribution in [3.05, 3.63) is 35.9 Å². The Kier molecular flexibility index (Phi) is 3.23. The average Bonchev–Trinajstić information content (AvgIpc) is 2.16. The van der Waals surface area contributed by atoms with Gasteiger partial charge in [-0.25, -0.2) is 0 Å². The molecule has 0 aliphatic heterocycles. The summed E-state index contributed by atoms with van der Waals surface area (Å²) in [5.41, 5.74) is 2.79. The molecule has 1 aromatic rings. The molecule has 1 unspecified atom stereocenters. The van der Waals surface area contributed by atoms with Crippen LogP contribution in [0, 0.1) is 0 Å². The summed E-state index contributed by atoms with van der Waals surface area (Å²) in [5.74, 6) is -1.20. The number of halogens is 3. The van der Waals surface area contributed by atoms with E-state index in [1.165, 1.54) is 24.3 Å². The summed E-state index contributed by atoms with van der Waals surface area (Å²) in [6.07, 6.45) is -4.93. The number of hydrogen-bond acceptors (Lipinski definition) is 2. The Morgan fingerprint density at radius 3 is 2.12 bits per heavy atom. The highest BCUT2D eigenvalue weighted by Gasteiger charge is 2.45. The van der Waals surface area contributed by atoms with Crippen LogP contribution in [0.3, 0.4) is 0 Å². The Hall–Kier alpha value is -1.56. The molecule has 1 atom stereocenters.